The van der Waals surface area contributed by atoms with Crippen LogP contribution in [0.1, 0.15) is 50.4 Å². The van der Waals surface area contributed by atoms with Gasteiger partial charge in [0.05, 0.1) is 23.7 Å². The number of aromatic nitrogens is 6. The van der Waals surface area contributed by atoms with Crippen LogP contribution in [0, 0.1) is 6.92 Å². The predicted molar refractivity (Wildman–Crippen MR) is 116 cm³/mol. The Bertz CT molecular complexity index is 1250. The lowest BCUT2D eigenvalue weighted by atomic mass is 9.95. The molecule has 0 aliphatic heterocycles. The van der Waals surface area contributed by atoms with Crippen molar-refractivity contribution in [3.05, 3.63) is 36.5 Å². The van der Waals surface area contributed by atoms with E-state index in [1.54, 1.807) is 23.1 Å². The summed E-state index contributed by atoms with van der Waals surface area (Å²) >= 11 is 0. The number of hydrogen-bond donors (Lipinski definition) is 1. The molecule has 32 heavy (non-hydrogen) atoms. The predicted octanol–water partition coefficient (Wildman–Crippen LogP) is 5.32. The van der Waals surface area contributed by atoms with Crippen LogP contribution in [0.5, 0.6) is 0 Å². The molecular formula is C22H24F3N7. The van der Waals surface area contributed by atoms with Crippen LogP contribution in [-0.2, 0) is 0 Å². The second-order valence-corrected chi connectivity index (χ2v) is 8.32. The molecule has 0 bridgehead atoms. The van der Waals surface area contributed by atoms with E-state index in [1.807, 2.05) is 13.0 Å². The van der Waals surface area contributed by atoms with E-state index in [0.29, 0.717) is 6.04 Å². The minimum atomic E-state index is -4.22. The zero-order valence-corrected chi connectivity index (χ0v) is 17.7. The lowest BCUT2D eigenvalue weighted by Gasteiger charge is -2.24. The normalized spacial score (nSPS) is 15.6. The van der Waals surface area contributed by atoms with Crippen LogP contribution in [0.2, 0.25) is 0 Å². The molecule has 1 saturated carbocycles. The molecule has 1 aliphatic rings. The Labute approximate surface area is 182 Å². The molecule has 0 saturated heterocycles. The van der Waals surface area contributed by atoms with Crippen molar-refractivity contribution in [3.8, 4) is 11.1 Å². The van der Waals surface area contributed by atoms with E-state index >= 15 is 0 Å². The average molecular weight is 443 g/mol. The Morgan fingerprint density at radius 3 is 2.69 bits per heavy atom. The van der Waals surface area contributed by atoms with Gasteiger partial charge in [0.2, 0.25) is 5.95 Å². The summed E-state index contributed by atoms with van der Waals surface area (Å²) in [5.74, 6) is 1.14. The van der Waals surface area contributed by atoms with Gasteiger partial charge < -0.3 is 9.88 Å². The van der Waals surface area contributed by atoms with Crippen molar-refractivity contribution in [1.82, 2.24) is 29.1 Å². The number of nitrogens with zero attached hydrogens (tertiary/aromatic N) is 6. The fourth-order valence-electron chi connectivity index (χ4n) is 4.58. The smallest absolute Gasteiger partial charge is 0.353 e. The Morgan fingerprint density at radius 1 is 1.09 bits per heavy atom. The third kappa shape index (κ3) is 4.01. The van der Waals surface area contributed by atoms with Crippen LogP contribution in [0.25, 0.3) is 27.8 Å². The molecule has 0 aromatic carbocycles. The first-order valence-electron chi connectivity index (χ1n) is 10.9. The molecule has 10 heteroatoms. The van der Waals surface area contributed by atoms with Crippen molar-refractivity contribution in [2.24, 2.45) is 0 Å². The highest BCUT2D eigenvalue weighted by molar-refractivity contribution is 5.85. The topological polar surface area (TPSA) is 72.9 Å². The first-order valence-corrected chi connectivity index (χ1v) is 10.9. The first-order chi connectivity index (χ1) is 15.4. The molecule has 0 atom stereocenters. The lowest BCUT2D eigenvalue weighted by Crippen LogP contribution is -2.16. The molecule has 4 heterocycles. The minimum absolute atomic E-state index is 0.156. The van der Waals surface area contributed by atoms with Crippen LogP contribution in [0.15, 0.2) is 30.7 Å². The lowest BCUT2D eigenvalue weighted by molar-refractivity contribution is -0.131. The molecule has 1 N–H and O–H groups in total. The third-order valence-corrected chi connectivity index (χ3v) is 6.08. The summed E-state index contributed by atoms with van der Waals surface area (Å²) < 4.78 is 41.0. The van der Waals surface area contributed by atoms with Crippen LogP contribution in [0.4, 0.5) is 19.1 Å². The number of halogens is 3. The number of rotatable bonds is 5. The second-order valence-electron chi connectivity index (χ2n) is 8.32. The van der Waals surface area contributed by atoms with Gasteiger partial charge in [0.1, 0.15) is 5.82 Å². The zero-order chi connectivity index (χ0) is 22.3. The van der Waals surface area contributed by atoms with E-state index in [9.17, 15) is 13.2 Å². The summed E-state index contributed by atoms with van der Waals surface area (Å²) in [5.41, 5.74) is 4.37. The summed E-state index contributed by atoms with van der Waals surface area (Å²) in [6, 6.07) is 4.48. The standard InChI is InChI=1S/C22H24F3N7/c1-14-29-20-18(32(14)16-5-3-2-4-6-16)11-15(12-27-20)17-7-10-31-19(17)13-28-21(30-31)26-9-8-22(23,24)25/h7,10-13,16H,2-6,8-9H2,1H3,(H,26,30). The van der Waals surface area contributed by atoms with Crippen LogP contribution in [-0.4, -0.2) is 41.9 Å². The summed E-state index contributed by atoms with van der Waals surface area (Å²) in [6.45, 7) is 1.76. The quantitative estimate of drug-likeness (QED) is 0.452. The van der Waals surface area contributed by atoms with Gasteiger partial charge >= 0.3 is 6.18 Å². The molecule has 5 rings (SSSR count). The van der Waals surface area contributed by atoms with E-state index in [2.05, 4.69) is 36.0 Å². The molecule has 4 aromatic heterocycles. The Balaban J connectivity index is 1.46. The van der Waals surface area contributed by atoms with Gasteiger partial charge in [-0.2, -0.15) is 13.2 Å². The summed E-state index contributed by atoms with van der Waals surface area (Å²) in [5, 5.41) is 6.91. The highest BCUT2D eigenvalue weighted by Crippen LogP contribution is 2.34. The van der Waals surface area contributed by atoms with Crippen molar-refractivity contribution in [1.29, 1.82) is 0 Å². The molecule has 1 fully saturated rings. The van der Waals surface area contributed by atoms with Crippen LogP contribution < -0.4 is 5.32 Å². The number of nitrogens with one attached hydrogen (secondary N) is 1. The zero-order valence-electron chi connectivity index (χ0n) is 17.7. The highest BCUT2D eigenvalue weighted by atomic mass is 19.4. The number of anilines is 1. The van der Waals surface area contributed by atoms with E-state index in [0.717, 1.165) is 46.5 Å². The van der Waals surface area contributed by atoms with Gasteiger partial charge in [-0.3, -0.25) is 0 Å². The van der Waals surface area contributed by atoms with E-state index in [-0.39, 0.29) is 12.5 Å². The van der Waals surface area contributed by atoms with Crippen molar-refractivity contribution < 1.29 is 13.2 Å². The molecule has 1 aliphatic carbocycles. The molecule has 0 radical (unpaired) electrons. The van der Waals surface area contributed by atoms with Gasteiger partial charge in [0.15, 0.2) is 5.65 Å². The van der Waals surface area contributed by atoms with Gasteiger partial charge in [-0.05, 0) is 31.9 Å². The molecule has 0 unspecified atom stereocenters. The summed E-state index contributed by atoms with van der Waals surface area (Å²) in [6.07, 6.45) is 6.10. The maximum absolute atomic E-state index is 12.4. The van der Waals surface area contributed by atoms with Crippen molar-refractivity contribution in [2.75, 3.05) is 11.9 Å². The SMILES string of the molecule is Cc1nc2ncc(-c3ccn4nc(NCCC(F)(F)F)ncc34)cc2n1C1CCCCC1. The first kappa shape index (κ1) is 20.7. The maximum atomic E-state index is 12.4. The van der Waals surface area contributed by atoms with Gasteiger partial charge in [-0.15, -0.1) is 5.10 Å². The maximum Gasteiger partial charge on any atom is 0.390 e. The Kier molecular flexibility index (Phi) is 5.22. The fraction of sp³-hybridized carbons (Fsp3) is 0.455. The molecular weight excluding hydrogens is 419 g/mol. The van der Waals surface area contributed by atoms with Crippen molar-refractivity contribution >= 4 is 22.6 Å². The van der Waals surface area contributed by atoms with Gasteiger partial charge in [-0.1, -0.05) is 19.3 Å². The largest absolute Gasteiger partial charge is 0.390 e. The summed E-state index contributed by atoms with van der Waals surface area (Å²) in [4.78, 5) is 13.5. The van der Waals surface area contributed by atoms with Gasteiger partial charge in [-0.25, -0.2) is 19.5 Å². The van der Waals surface area contributed by atoms with Crippen LogP contribution >= 0.6 is 0 Å². The highest BCUT2D eigenvalue weighted by Gasteiger charge is 2.26. The van der Waals surface area contributed by atoms with Crippen LogP contribution in [0.3, 0.4) is 0 Å². The number of hydrogen-bond acceptors (Lipinski definition) is 5. The number of fused-ring (bicyclic) bond motifs is 2. The monoisotopic (exact) mass is 443 g/mol. The Morgan fingerprint density at radius 2 is 1.91 bits per heavy atom. The average Bonchev–Trinajstić information content (AvgIpc) is 3.32. The van der Waals surface area contributed by atoms with Gasteiger partial charge in [0, 0.05) is 36.1 Å². The fourth-order valence-corrected chi connectivity index (χ4v) is 4.58. The summed E-state index contributed by atoms with van der Waals surface area (Å²) in [7, 11) is 0. The van der Waals surface area contributed by atoms with Crippen molar-refractivity contribution in [2.45, 2.75) is 57.7 Å². The molecule has 168 valence electrons. The number of alkyl halides is 3. The molecule has 0 spiro atoms. The number of aryl methyl sites for hydroxylation is 1. The second kappa shape index (κ2) is 8.07. The minimum Gasteiger partial charge on any atom is -0.353 e. The van der Waals surface area contributed by atoms with E-state index < -0.39 is 12.6 Å². The Hall–Kier alpha value is -3.17. The van der Waals surface area contributed by atoms with Gasteiger partial charge in [0.25, 0.3) is 0 Å². The molecule has 0 amide bonds. The third-order valence-electron chi connectivity index (χ3n) is 6.08. The number of imidazole rings is 1. The molecule has 4 aromatic rings. The molecule has 7 nitrogen and oxygen atoms in total. The van der Waals surface area contributed by atoms with E-state index in [4.69, 9.17) is 0 Å². The van der Waals surface area contributed by atoms with E-state index in [1.165, 1.54) is 19.3 Å². The number of pyridine rings is 1. The van der Waals surface area contributed by atoms with Crippen molar-refractivity contribution in [3.63, 3.8) is 0 Å².